The van der Waals surface area contributed by atoms with Crippen LogP contribution in [0.3, 0.4) is 0 Å². The van der Waals surface area contributed by atoms with Gasteiger partial charge in [-0.1, -0.05) is 80.1 Å². The van der Waals surface area contributed by atoms with Crippen LogP contribution in [-0.4, -0.2) is 53.8 Å². The zero-order chi connectivity index (χ0) is 25.4. The highest BCUT2D eigenvalue weighted by molar-refractivity contribution is 6.00. The zero-order valence-electron chi connectivity index (χ0n) is 21.6. The highest BCUT2D eigenvalue weighted by atomic mass is 16.2. The van der Waals surface area contributed by atoms with Crippen LogP contribution in [0.1, 0.15) is 59.7 Å². The Balaban J connectivity index is 1.08. The van der Waals surface area contributed by atoms with Crippen LogP contribution in [0.5, 0.6) is 0 Å². The lowest BCUT2D eigenvalue weighted by Crippen LogP contribution is -2.49. The molecule has 0 spiro atoms. The summed E-state index contributed by atoms with van der Waals surface area (Å²) in [5.74, 6) is 0.293. The number of hydrogen-bond acceptors (Lipinski definition) is 3. The molecule has 5 heteroatoms. The number of hydrogen-bond donors (Lipinski definition) is 1. The van der Waals surface area contributed by atoms with Gasteiger partial charge in [-0.15, -0.1) is 0 Å². The molecule has 3 aliphatic rings. The van der Waals surface area contributed by atoms with E-state index < -0.39 is 5.41 Å². The second-order valence-electron chi connectivity index (χ2n) is 10.7. The fourth-order valence-corrected chi connectivity index (χ4v) is 6.83. The number of fused-ring (bicyclic) bond motifs is 4. The van der Waals surface area contributed by atoms with E-state index in [9.17, 15) is 9.59 Å². The first-order valence-electron chi connectivity index (χ1n) is 13.7. The van der Waals surface area contributed by atoms with Crippen LogP contribution in [0.15, 0.2) is 72.8 Å². The molecule has 6 rings (SSSR count). The molecular weight excluding hydrogens is 458 g/mol. The summed E-state index contributed by atoms with van der Waals surface area (Å²) in [7, 11) is 0. The molecule has 2 aliphatic heterocycles. The first-order valence-corrected chi connectivity index (χ1v) is 13.7. The molecule has 0 aromatic heterocycles. The highest BCUT2D eigenvalue weighted by Crippen LogP contribution is 2.51. The summed E-state index contributed by atoms with van der Waals surface area (Å²) >= 11 is 0. The molecule has 1 fully saturated rings. The van der Waals surface area contributed by atoms with E-state index in [4.69, 9.17) is 0 Å². The number of piperidine rings is 1. The van der Waals surface area contributed by atoms with E-state index in [2.05, 4.69) is 76.6 Å². The van der Waals surface area contributed by atoms with Gasteiger partial charge < -0.3 is 15.1 Å². The van der Waals surface area contributed by atoms with Crippen molar-refractivity contribution in [3.8, 4) is 11.1 Å². The molecule has 0 saturated carbocycles. The first kappa shape index (κ1) is 23.9. The standard InChI is InChI=1S/C32H35N3O2/c1-2-17-32(28-13-7-5-11-26(28)27-12-6-8-14-29(27)32)31(37)33-18-21-34-19-15-24(16-20-34)35-22-23-9-3-4-10-25(23)30(35)36/h3-14,24H,2,15-22H2,1H3,(H,33,37). The number of benzene rings is 3. The molecule has 0 bridgehead atoms. The highest BCUT2D eigenvalue weighted by Gasteiger charge is 2.48. The van der Waals surface area contributed by atoms with Gasteiger partial charge in [0.05, 0.1) is 0 Å². The fourth-order valence-electron chi connectivity index (χ4n) is 6.83. The van der Waals surface area contributed by atoms with Gasteiger partial charge in [0.15, 0.2) is 0 Å². The minimum absolute atomic E-state index is 0.113. The maximum atomic E-state index is 13.9. The molecule has 2 amide bonds. The first-order chi connectivity index (χ1) is 18.1. The van der Waals surface area contributed by atoms with Crippen LogP contribution in [0.2, 0.25) is 0 Å². The summed E-state index contributed by atoms with van der Waals surface area (Å²) in [4.78, 5) is 31.3. The predicted molar refractivity (Wildman–Crippen MR) is 146 cm³/mol. The summed E-state index contributed by atoms with van der Waals surface area (Å²) in [6, 6.07) is 25.1. The minimum Gasteiger partial charge on any atom is -0.354 e. The molecule has 3 aromatic rings. The third kappa shape index (κ3) is 3.97. The fraction of sp³-hybridized carbons (Fsp3) is 0.375. The van der Waals surface area contributed by atoms with Crippen LogP contribution >= 0.6 is 0 Å². The maximum Gasteiger partial charge on any atom is 0.254 e. The van der Waals surface area contributed by atoms with Crippen LogP contribution in [0, 0.1) is 0 Å². The average Bonchev–Trinajstić information content (AvgIpc) is 3.43. The average molecular weight is 494 g/mol. The van der Waals surface area contributed by atoms with E-state index in [1.54, 1.807) is 0 Å². The SMILES string of the molecule is CCCC1(C(=O)NCCN2CCC(N3Cc4ccccc4C3=O)CC2)c2ccccc2-c2ccccc21. The van der Waals surface area contributed by atoms with E-state index in [1.807, 2.05) is 18.2 Å². The van der Waals surface area contributed by atoms with E-state index >= 15 is 0 Å². The Morgan fingerprint density at radius 1 is 0.892 bits per heavy atom. The molecule has 3 aromatic carbocycles. The van der Waals surface area contributed by atoms with Gasteiger partial charge in [0.25, 0.3) is 5.91 Å². The molecule has 0 radical (unpaired) electrons. The lowest BCUT2D eigenvalue weighted by Gasteiger charge is -2.37. The molecule has 190 valence electrons. The van der Waals surface area contributed by atoms with E-state index in [1.165, 1.54) is 11.1 Å². The van der Waals surface area contributed by atoms with Crippen molar-refractivity contribution in [2.24, 2.45) is 0 Å². The van der Waals surface area contributed by atoms with Crippen molar-refractivity contribution in [3.63, 3.8) is 0 Å². The molecule has 1 N–H and O–H groups in total. The van der Waals surface area contributed by atoms with Crippen LogP contribution in [-0.2, 0) is 16.8 Å². The van der Waals surface area contributed by atoms with Gasteiger partial charge in [0.2, 0.25) is 5.91 Å². The van der Waals surface area contributed by atoms with Crippen LogP contribution < -0.4 is 5.32 Å². The van der Waals surface area contributed by atoms with Gasteiger partial charge in [-0.05, 0) is 53.1 Å². The van der Waals surface area contributed by atoms with Gasteiger partial charge >= 0.3 is 0 Å². The Labute approximate surface area is 219 Å². The smallest absolute Gasteiger partial charge is 0.254 e. The largest absolute Gasteiger partial charge is 0.354 e. The molecule has 2 heterocycles. The zero-order valence-corrected chi connectivity index (χ0v) is 21.6. The number of likely N-dealkylation sites (tertiary alicyclic amines) is 1. The molecular formula is C32H35N3O2. The Hall–Kier alpha value is -3.44. The third-order valence-corrected chi connectivity index (χ3v) is 8.64. The normalized spacial score (nSPS) is 18.4. The van der Waals surface area contributed by atoms with Crippen LogP contribution in [0.25, 0.3) is 11.1 Å². The van der Waals surface area contributed by atoms with E-state index in [-0.39, 0.29) is 11.8 Å². The lowest BCUT2D eigenvalue weighted by molar-refractivity contribution is -0.125. The van der Waals surface area contributed by atoms with E-state index in [0.29, 0.717) is 12.6 Å². The van der Waals surface area contributed by atoms with Crippen molar-refractivity contribution in [1.82, 2.24) is 15.1 Å². The molecule has 0 unspecified atom stereocenters. The van der Waals surface area contributed by atoms with Gasteiger partial charge in [0, 0.05) is 44.3 Å². The number of carbonyl (C=O) groups is 2. The topological polar surface area (TPSA) is 52.7 Å². The Morgan fingerprint density at radius 2 is 1.49 bits per heavy atom. The molecule has 37 heavy (non-hydrogen) atoms. The monoisotopic (exact) mass is 493 g/mol. The number of rotatable bonds is 7. The number of nitrogens with zero attached hydrogens (tertiary/aromatic N) is 2. The summed E-state index contributed by atoms with van der Waals surface area (Å²) < 4.78 is 0. The summed E-state index contributed by atoms with van der Waals surface area (Å²) in [6.45, 7) is 6.26. The molecule has 0 atom stereocenters. The van der Waals surface area contributed by atoms with Gasteiger partial charge in [-0.3, -0.25) is 9.59 Å². The quantitative estimate of drug-likeness (QED) is 0.505. The van der Waals surface area contributed by atoms with Crippen molar-refractivity contribution in [2.45, 2.75) is 50.6 Å². The van der Waals surface area contributed by atoms with Crippen molar-refractivity contribution < 1.29 is 9.59 Å². The second kappa shape index (κ2) is 9.79. The third-order valence-electron chi connectivity index (χ3n) is 8.64. The second-order valence-corrected chi connectivity index (χ2v) is 10.7. The molecule has 5 nitrogen and oxygen atoms in total. The summed E-state index contributed by atoms with van der Waals surface area (Å²) in [5.41, 5.74) is 6.02. The van der Waals surface area contributed by atoms with Gasteiger partial charge in [-0.25, -0.2) is 0 Å². The predicted octanol–water partition coefficient (Wildman–Crippen LogP) is 4.99. The molecule has 1 saturated heterocycles. The summed E-state index contributed by atoms with van der Waals surface area (Å²) in [5, 5.41) is 3.32. The van der Waals surface area contributed by atoms with Crippen molar-refractivity contribution in [1.29, 1.82) is 0 Å². The van der Waals surface area contributed by atoms with Gasteiger partial charge in [-0.2, -0.15) is 0 Å². The number of amides is 2. The minimum atomic E-state index is -0.625. The Bertz CT molecular complexity index is 1280. The van der Waals surface area contributed by atoms with E-state index in [0.717, 1.165) is 74.1 Å². The number of carbonyl (C=O) groups excluding carboxylic acids is 2. The maximum absolute atomic E-state index is 13.9. The summed E-state index contributed by atoms with van der Waals surface area (Å²) in [6.07, 6.45) is 3.69. The van der Waals surface area contributed by atoms with Crippen molar-refractivity contribution in [2.75, 3.05) is 26.2 Å². The Kier molecular flexibility index (Phi) is 6.33. The Morgan fingerprint density at radius 3 is 2.11 bits per heavy atom. The van der Waals surface area contributed by atoms with Gasteiger partial charge in [0.1, 0.15) is 5.41 Å². The van der Waals surface area contributed by atoms with Crippen molar-refractivity contribution >= 4 is 11.8 Å². The van der Waals surface area contributed by atoms with Crippen molar-refractivity contribution in [3.05, 3.63) is 95.1 Å². The number of nitrogens with one attached hydrogen (secondary N) is 1. The molecule has 1 aliphatic carbocycles. The lowest BCUT2D eigenvalue weighted by atomic mass is 9.74. The van der Waals surface area contributed by atoms with Crippen LogP contribution in [0.4, 0.5) is 0 Å².